The molecular weight excluding hydrogens is 433 g/mol. The number of hydrogen-bond donors (Lipinski definition) is 1. The van der Waals surface area contributed by atoms with Crippen molar-refractivity contribution >= 4 is 17.5 Å². The predicted molar refractivity (Wildman–Crippen MR) is 117 cm³/mol. The molecule has 0 bridgehead atoms. The second-order valence-electron chi connectivity index (χ2n) is 7.76. The standard InChI is InChI=1S/C25H21F3N2O3/c1-30-22(15-7-13-18(33-2)14-8-15)21(19-5-3-4-6-20(19)24(30)32)23(31)29-17-11-9-16(10-12-17)25(26,27)28/h3-14,21-22H,1-2H3,(H,29,31)/t21-,22+/m0/s1. The van der Waals surface area contributed by atoms with Gasteiger partial charge in [-0.2, -0.15) is 13.2 Å². The summed E-state index contributed by atoms with van der Waals surface area (Å²) in [7, 11) is 3.17. The Hall–Kier alpha value is -3.81. The van der Waals surface area contributed by atoms with Crippen LogP contribution in [-0.4, -0.2) is 30.9 Å². The summed E-state index contributed by atoms with van der Waals surface area (Å²) < 4.78 is 43.8. The number of benzene rings is 3. The van der Waals surface area contributed by atoms with E-state index in [2.05, 4.69) is 5.32 Å². The monoisotopic (exact) mass is 454 g/mol. The first-order chi connectivity index (χ1) is 15.7. The lowest BCUT2D eigenvalue weighted by Gasteiger charge is -2.39. The van der Waals surface area contributed by atoms with Gasteiger partial charge in [-0.1, -0.05) is 30.3 Å². The van der Waals surface area contributed by atoms with E-state index < -0.39 is 29.6 Å². The molecule has 1 heterocycles. The molecule has 4 rings (SSSR count). The van der Waals surface area contributed by atoms with E-state index >= 15 is 0 Å². The Morgan fingerprint density at radius 2 is 1.61 bits per heavy atom. The fraction of sp³-hybridized carbons (Fsp3) is 0.200. The van der Waals surface area contributed by atoms with Gasteiger partial charge >= 0.3 is 6.18 Å². The number of nitrogens with zero attached hydrogens (tertiary/aromatic N) is 1. The molecule has 0 unspecified atom stereocenters. The maximum atomic E-state index is 13.5. The van der Waals surface area contributed by atoms with Crippen LogP contribution in [0.1, 0.15) is 39.0 Å². The van der Waals surface area contributed by atoms with Crippen LogP contribution in [0.25, 0.3) is 0 Å². The molecule has 1 N–H and O–H groups in total. The van der Waals surface area contributed by atoms with E-state index in [1.165, 1.54) is 17.0 Å². The highest BCUT2D eigenvalue weighted by Crippen LogP contribution is 2.43. The van der Waals surface area contributed by atoms with Crippen molar-refractivity contribution in [2.45, 2.75) is 18.1 Å². The van der Waals surface area contributed by atoms with Crippen LogP contribution in [0.5, 0.6) is 5.75 Å². The minimum absolute atomic E-state index is 0.218. The lowest BCUT2D eigenvalue weighted by Crippen LogP contribution is -2.44. The molecule has 2 amide bonds. The van der Waals surface area contributed by atoms with Gasteiger partial charge in [0.1, 0.15) is 5.75 Å². The molecule has 0 aliphatic carbocycles. The molecule has 2 atom stereocenters. The van der Waals surface area contributed by atoms with Crippen molar-refractivity contribution in [1.82, 2.24) is 4.90 Å². The van der Waals surface area contributed by atoms with Crippen LogP contribution in [0.15, 0.2) is 72.8 Å². The Morgan fingerprint density at radius 1 is 0.970 bits per heavy atom. The van der Waals surface area contributed by atoms with Crippen molar-refractivity contribution in [3.63, 3.8) is 0 Å². The average Bonchev–Trinajstić information content (AvgIpc) is 2.81. The maximum Gasteiger partial charge on any atom is 0.416 e. The first-order valence-corrected chi connectivity index (χ1v) is 10.2. The van der Waals surface area contributed by atoms with Crippen molar-refractivity contribution in [3.05, 3.63) is 95.1 Å². The number of rotatable bonds is 4. The van der Waals surface area contributed by atoms with Gasteiger partial charge in [0.2, 0.25) is 5.91 Å². The number of likely N-dealkylation sites (N-methyl/N-ethyl adjacent to an activating group) is 1. The number of amides is 2. The minimum atomic E-state index is -4.46. The molecule has 0 spiro atoms. The molecule has 0 radical (unpaired) electrons. The molecule has 170 valence electrons. The summed E-state index contributed by atoms with van der Waals surface area (Å²) in [6, 6.07) is 17.6. The highest BCUT2D eigenvalue weighted by molar-refractivity contribution is 6.04. The quantitative estimate of drug-likeness (QED) is 0.585. The molecule has 0 saturated carbocycles. The molecule has 3 aromatic carbocycles. The molecule has 0 aromatic heterocycles. The van der Waals surface area contributed by atoms with E-state index in [0.29, 0.717) is 16.9 Å². The number of hydrogen-bond acceptors (Lipinski definition) is 3. The minimum Gasteiger partial charge on any atom is -0.497 e. The first kappa shape index (κ1) is 22.4. The molecule has 0 saturated heterocycles. The first-order valence-electron chi connectivity index (χ1n) is 10.2. The third-order valence-electron chi connectivity index (χ3n) is 5.80. The number of halogens is 3. The van der Waals surface area contributed by atoms with Crippen LogP contribution in [0.4, 0.5) is 18.9 Å². The molecule has 3 aromatic rings. The van der Waals surface area contributed by atoms with E-state index in [1.807, 2.05) is 0 Å². The summed E-state index contributed by atoms with van der Waals surface area (Å²) in [4.78, 5) is 28.0. The largest absolute Gasteiger partial charge is 0.497 e. The van der Waals surface area contributed by atoms with E-state index in [-0.39, 0.29) is 11.6 Å². The number of methoxy groups -OCH3 is 1. The third-order valence-corrected chi connectivity index (χ3v) is 5.80. The highest BCUT2D eigenvalue weighted by Gasteiger charge is 2.42. The van der Waals surface area contributed by atoms with Gasteiger partial charge in [-0.3, -0.25) is 9.59 Å². The lowest BCUT2D eigenvalue weighted by molar-refractivity contribution is -0.137. The van der Waals surface area contributed by atoms with Gasteiger partial charge in [-0.05, 0) is 53.6 Å². The fourth-order valence-corrected chi connectivity index (χ4v) is 4.14. The zero-order valence-corrected chi connectivity index (χ0v) is 17.9. The third kappa shape index (κ3) is 4.28. The second-order valence-corrected chi connectivity index (χ2v) is 7.76. The fourth-order valence-electron chi connectivity index (χ4n) is 4.14. The van der Waals surface area contributed by atoms with E-state index in [1.54, 1.807) is 62.7 Å². The van der Waals surface area contributed by atoms with Crippen LogP contribution in [0, 0.1) is 0 Å². The number of ether oxygens (including phenoxy) is 1. The summed E-state index contributed by atoms with van der Waals surface area (Å²) in [6.45, 7) is 0. The molecule has 8 heteroatoms. The topological polar surface area (TPSA) is 58.6 Å². The number of nitrogens with one attached hydrogen (secondary N) is 1. The molecule has 1 aliphatic heterocycles. The maximum absolute atomic E-state index is 13.5. The van der Waals surface area contributed by atoms with Gasteiger partial charge in [0, 0.05) is 18.3 Å². The highest BCUT2D eigenvalue weighted by atomic mass is 19.4. The molecule has 1 aliphatic rings. The number of alkyl halides is 3. The van der Waals surface area contributed by atoms with Gasteiger partial charge in [-0.15, -0.1) is 0 Å². The predicted octanol–water partition coefficient (Wildman–Crippen LogP) is 5.26. The second kappa shape index (κ2) is 8.61. The van der Waals surface area contributed by atoms with Crippen LogP contribution in [0.3, 0.4) is 0 Å². The van der Waals surface area contributed by atoms with Gasteiger partial charge in [-0.25, -0.2) is 0 Å². The van der Waals surface area contributed by atoms with Crippen molar-refractivity contribution in [2.24, 2.45) is 0 Å². The normalized spacial score (nSPS) is 18.0. The van der Waals surface area contributed by atoms with E-state index in [9.17, 15) is 22.8 Å². The number of anilines is 1. The Balaban J connectivity index is 1.73. The van der Waals surface area contributed by atoms with Crippen LogP contribution in [0.2, 0.25) is 0 Å². The van der Waals surface area contributed by atoms with Crippen LogP contribution >= 0.6 is 0 Å². The van der Waals surface area contributed by atoms with Crippen LogP contribution in [-0.2, 0) is 11.0 Å². The van der Waals surface area contributed by atoms with E-state index in [0.717, 1.165) is 17.7 Å². The van der Waals surface area contributed by atoms with Crippen molar-refractivity contribution < 1.29 is 27.5 Å². The molecule has 5 nitrogen and oxygen atoms in total. The zero-order valence-electron chi connectivity index (χ0n) is 17.9. The summed E-state index contributed by atoms with van der Waals surface area (Å²) >= 11 is 0. The van der Waals surface area contributed by atoms with Crippen molar-refractivity contribution in [1.29, 1.82) is 0 Å². The Labute approximate surface area is 188 Å². The van der Waals surface area contributed by atoms with Gasteiger partial charge < -0.3 is 15.0 Å². The van der Waals surface area contributed by atoms with Crippen LogP contribution < -0.4 is 10.1 Å². The SMILES string of the molecule is COc1ccc([C@@H]2[C@@H](C(=O)Nc3ccc(C(F)(F)F)cc3)c3ccccc3C(=O)N2C)cc1. The van der Waals surface area contributed by atoms with Gasteiger partial charge in [0.05, 0.1) is 24.6 Å². The van der Waals surface area contributed by atoms with Crippen molar-refractivity contribution in [3.8, 4) is 5.75 Å². The molecular formula is C25H21F3N2O3. The molecule has 0 fully saturated rings. The summed E-state index contributed by atoms with van der Waals surface area (Å²) in [6.07, 6.45) is -4.46. The summed E-state index contributed by atoms with van der Waals surface area (Å²) in [5.41, 5.74) is 1.14. The van der Waals surface area contributed by atoms with E-state index in [4.69, 9.17) is 4.74 Å². The van der Waals surface area contributed by atoms with Gasteiger partial charge in [0.15, 0.2) is 0 Å². The van der Waals surface area contributed by atoms with Crippen molar-refractivity contribution in [2.75, 3.05) is 19.5 Å². The molecule has 33 heavy (non-hydrogen) atoms. The van der Waals surface area contributed by atoms with Gasteiger partial charge in [0.25, 0.3) is 5.91 Å². The summed E-state index contributed by atoms with van der Waals surface area (Å²) in [5.74, 6) is -0.790. The number of carbonyl (C=O) groups excluding carboxylic acids is 2. The zero-order chi connectivity index (χ0) is 23.8. The number of carbonyl (C=O) groups is 2. The summed E-state index contributed by atoms with van der Waals surface area (Å²) in [5, 5.41) is 2.72. The number of fused-ring (bicyclic) bond motifs is 1. The Kier molecular flexibility index (Phi) is 5.84. The Bertz CT molecular complexity index is 1170. The smallest absolute Gasteiger partial charge is 0.416 e. The lowest BCUT2D eigenvalue weighted by atomic mass is 9.79. The average molecular weight is 454 g/mol. The Morgan fingerprint density at radius 3 is 2.21 bits per heavy atom.